The summed E-state index contributed by atoms with van der Waals surface area (Å²) in [4.78, 5) is 12.0. The van der Waals surface area contributed by atoms with Gasteiger partial charge in [-0.3, -0.25) is 4.79 Å². The largest absolute Gasteiger partial charge is 0.481 e. The summed E-state index contributed by atoms with van der Waals surface area (Å²) >= 11 is 3.40. The highest BCUT2D eigenvalue weighted by Gasteiger charge is 2.18. The van der Waals surface area contributed by atoms with Crippen LogP contribution in [0.3, 0.4) is 0 Å². The third-order valence-electron chi connectivity index (χ3n) is 3.14. The summed E-state index contributed by atoms with van der Waals surface area (Å²) < 4.78 is 6.67. The maximum Gasteiger partial charge on any atom is 0.260 e. The lowest BCUT2D eigenvalue weighted by molar-refractivity contribution is -0.127. The molecular formula is C15H23BrN2O2. The summed E-state index contributed by atoms with van der Waals surface area (Å²) in [5.74, 6) is 0.524. The fourth-order valence-electron chi connectivity index (χ4n) is 1.69. The van der Waals surface area contributed by atoms with Gasteiger partial charge in [0.1, 0.15) is 5.75 Å². The summed E-state index contributed by atoms with van der Waals surface area (Å²) in [6.07, 6.45) is 0.330. The average molecular weight is 343 g/mol. The van der Waals surface area contributed by atoms with Gasteiger partial charge in [-0.05, 0) is 39.3 Å². The number of halogens is 1. The molecule has 3 N–H and O–H groups in total. The van der Waals surface area contributed by atoms with E-state index in [2.05, 4.69) is 21.2 Å². The van der Waals surface area contributed by atoms with Crippen LogP contribution in [-0.2, 0) is 4.79 Å². The lowest BCUT2D eigenvalue weighted by Crippen LogP contribution is -2.41. The minimum atomic E-state index is -0.559. The molecule has 3 atom stereocenters. The number of amides is 1. The molecule has 0 aromatic heterocycles. The van der Waals surface area contributed by atoms with Crippen molar-refractivity contribution in [3.05, 3.63) is 28.2 Å². The number of ether oxygens (including phenoxy) is 1. The van der Waals surface area contributed by atoms with Gasteiger partial charge in [-0.15, -0.1) is 0 Å². The highest BCUT2D eigenvalue weighted by Crippen LogP contribution is 2.28. The lowest BCUT2D eigenvalue weighted by Gasteiger charge is -2.20. The van der Waals surface area contributed by atoms with Gasteiger partial charge in [-0.2, -0.15) is 0 Å². The Morgan fingerprint density at radius 2 is 2.05 bits per heavy atom. The van der Waals surface area contributed by atoms with E-state index in [1.165, 1.54) is 0 Å². The molecule has 0 radical (unpaired) electrons. The molecule has 2 unspecified atom stereocenters. The number of benzene rings is 1. The van der Waals surface area contributed by atoms with E-state index < -0.39 is 6.10 Å². The Bertz CT molecular complexity index is 463. The topological polar surface area (TPSA) is 64.3 Å². The molecule has 0 saturated carbocycles. The summed E-state index contributed by atoms with van der Waals surface area (Å²) in [6.45, 7) is 7.62. The normalized spacial score (nSPS) is 15.3. The molecule has 0 aliphatic rings. The van der Waals surface area contributed by atoms with Crippen molar-refractivity contribution in [1.82, 2.24) is 5.32 Å². The highest BCUT2D eigenvalue weighted by molar-refractivity contribution is 9.10. The van der Waals surface area contributed by atoms with Crippen molar-refractivity contribution in [2.45, 2.75) is 52.3 Å². The monoisotopic (exact) mass is 342 g/mol. The predicted molar refractivity (Wildman–Crippen MR) is 84.7 cm³/mol. The molecule has 0 aliphatic heterocycles. The molecule has 112 valence electrons. The van der Waals surface area contributed by atoms with Crippen molar-refractivity contribution < 1.29 is 9.53 Å². The Hall–Kier alpha value is -1.07. The summed E-state index contributed by atoms with van der Waals surface area (Å²) in [5, 5.41) is 2.91. The second-order valence-electron chi connectivity index (χ2n) is 5.05. The van der Waals surface area contributed by atoms with Crippen molar-refractivity contribution in [1.29, 1.82) is 0 Å². The number of carbonyl (C=O) groups is 1. The zero-order chi connectivity index (χ0) is 15.3. The Labute approximate surface area is 129 Å². The van der Waals surface area contributed by atoms with Crippen molar-refractivity contribution in [2.75, 3.05) is 0 Å². The standard InChI is InChI=1S/C15H23BrN2O2/c1-5-9(2)18-15(19)11(4)20-14-8-12(16)6-7-13(14)10(3)17/h6-11H,5,17H2,1-4H3,(H,18,19)/t9?,10-,11?/m1/s1. The van der Waals surface area contributed by atoms with Crippen molar-refractivity contribution in [3.63, 3.8) is 0 Å². The lowest BCUT2D eigenvalue weighted by atomic mass is 10.1. The Balaban J connectivity index is 2.81. The maximum absolute atomic E-state index is 12.0. The van der Waals surface area contributed by atoms with E-state index in [0.717, 1.165) is 16.5 Å². The van der Waals surface area contributed by atoms with Gasteiger partial charge in [0, 0.05) is 22.1 Å². The summed E-state index contributed by atoms with van der Waals surface area (Å²) in [6, 6.07) is 5.65. The molecule has 0 spiro atoms. The fraction of sp³-hybridized carbons (Fsp3) is 0.533. The first-order chi connectivity index (χ1) is 9.35. The third kappa shape index (κ3) is 4.80. The molecule has 4 nitrogen and oxygen atoms in total. The van der Waals surface area contributed by atoms with Crippen LogP contribution in [-0.4, -0.2) is 18.1 Å². The SMILES string of the molecule is CCC(C)NC(=O)C(C)Oc1cc(Br)ccc1[C@@H](C)N. The van der Waals surface area contributed by atoms with Crippen LogP contribution in [0.2, 0.25) is 0 Å². The molecule has 5 heteroatoms. The molecule has 0 heterocycles. The van der Waals surface area contributed by atoms with E-state index in [4.69, 9.17) is 10.5 Å². The van der Waals surface area contributed by atoms with E-state index in [-0.39, 0.29) is 18.0 Å². The first-order valence-corrected chi connectivity index (χ1v) is 7.66. The average Bonchev–Trinajstić information content (AvgIpc) is 2.38. The first kappa shape index (κ1) is 17.0. The number of nitrogens with one attached hydrogen (secondary N) is 1. The van der Waals surface area contributed by atoms with Crippen LogP contribution in [0.15, 0.2) is 22.7 Å². The van der Waals surface area contributed by atoms with Gasteiger partial charge in [0.15, 0.2) is 6.10 Å². The molecule has 0 fully saturated rings. The summed E-state index contributed by atoms with van der Waals surface area (Å²) in [7, 11) is 0. The molecule has 0 aliphatic carbocycles. The second-order valence-corrected chi connectivity index (χ2v) is 5.96. The van der Waals surface area contributed by atoms with Gasteiger partial charge in [0.25, 0.3) is 5.91 Å². The highest BCUT2D eigenvalue weighted by atomic mass is 79.9. The van der Waals surface area contributed by atoms with Crippen LogP contribution < -0.4 is 15.8 Å². The summed E-state index contributed by atoms with van der Waals surface area (Å²) in [5.41, 5.74) is 6.81. The van der Waals surface area contributed by atoms with Crippen molar-refractivity contribution in [2.24, 2.45) is 5.73 Å². The molecular weight excluding hydrogens is 320 g/mol. The van der Waals surface area contributed by atoms with Gasteiger partial charge in [-0.25, -0.2) is 0 Å². The van der Waals surface area contributed by atoms with E-state index >= 15 is 0 Å². The van der Waals surface area contributed by atoms with Gasteiger partial charge < -0.3 is 15.8 Å². The van der Waals surface area contributed by atoms with Crippen LogP contribution in [0.4, 0.5) is 0 Å². The van der Waals surface area contributed by atoms with Crippen LogP contribution in [0.1, 0.15) is 45.7 Å². The van der Waals surface area contributed by atoms with E-state index in [0.29, 0.717) is 5.75 Å². The molecule has 0 bridgehead atoms. The zero-order valence-corrected chi connectivity index (χ0v) is 14.0. The van der Waals surface area contributed by atoms with Gasteiger partial charge in [0.2, 0.25) is 0 Å². The fourth-order valence-corrected chi connectivity index (χ4v) is 2.03. The Morgan fingerprint density at radius 1 is 1.40 bits per heavy atom. The van der Waals surface area contributed by atoms with Crippen LogP contribution in [0.25, 0.3) is 0 Å². The predicted octanol–water partition coefficient (Wildman–Crippen LogP) is 3.15. The van der Waals surface area contributed by atoms with E-state index in [1.54, 1.807) is 6.92 Å². The quantitative estimate of drug-likeness (QED) is 0.834. The van der Waals surface area contributed by atoms with Crippen molar-refractivity contribution in [3.8, 4) is 5.75 Å². The zero-order valence-electron chi connectivity index (χ0n) is 12.4. The molecule has 1 aromatic carbocycles. The minimum absolute atomic E-state index is 0.116. The van der Waals surface area contributed by atoms with E-state index in [9.17, 15) is 4.79 Å². The molecule has 1 rings (SSSR count). The van der Waals surface area contributed by atoms with Crippen LogP contribution in [0, 0.1) is 0 Å². The smallest absolute Gasteiger partial charge is 0.260 e. The molecule has 0 saturated heterocycles. The molecule has 20 heavy (non-hydrogen) atoms. The molecule has 1 aromatic rings. The number of carbonyl (C=O) groups excluding carboxylic acids is 1. The Kier molecular flexibility index (Phi) is 6.49. The minimum Gasteiger partial charge on any atom is -0.481 e. The van der Waals surface area contributed by atoms with E-state index in [1.807, 2.05) is 39.0 Å². The van der Waals surface area contributed by atoms with Gasteiger partial charge in [0.05, 0.1) is 0 Å². The second kappa shape index (κ2) is 7.64. The van der Waals surface area contributed by atoms with Crippen LogP contribution >= 0.6 is 15.9 Å². The number of hydrogen-bond acceptors (Lipinski definition) is 3. The Morgan fingerprint density at radius 3 is 2.60 bits per heavy atom. The number of rotatable bonds is 6. The third-order valence-corrected chi connectivity index (χ3v) is 3.63. The number of hydrogen-bond donors (Lipinski definition) is 2. The maximum atomic E-state index is 12.0. The van der Waals surface area contributed by atoms with Gasteiger partial charge >= 0.3 is 0 Å². The number of nitrogens with two attached hydrogens (primary N) is 1. The van der Waals surface area contributed by atoms with Crippen molar-refractivity contribution >= 4 is 21.8 Å². The molecule has 1 amide bonds. The first-order valence-electron chi connectivity index (χ1n) is 6.87. The van der Waals surface area contributed by atoms with Gasteiger partial charge in [-0.1, -0.05) is 28.9 Å². The van der Waals surface area contributed by atoms with Crippen LogP contribution in [0.5, 0.6) is 5.75 Å².